The van der Waals surface area contributed by atoms with E-state index >= 15 is 0 Å². The molecule has 1 aromatic carbocycles. The minimum Gasteiger partial charge on any atom is -0.449 e. The maximum Gasteiger partial charge on any atom is 0.410 e. The fourth-order valence-corrected chi connectivity index (χ4v) is 2.90. The molecule has 33 heavy (non-hydrogen) atoms. The highest BCUT2D eigenvalue weighted by atomic mass is 35.5. The Hall–Kier alpha value is -3.40. The molecule has 1 heterocycles. The molecule has 11 heteroatoms. The van der Waals surface area contributed by atoms with Gasteiger partial charge in [-0.05, 0) is 31.0 Å². The van der Waals surface area contributed by atoms with Gasteiger partial charge in [-0.3, -0.25) is 14.5 Å². The van der Waals surface area contributed by atoms with Gasteiger partial charge in [-0.15, -0.1) is 0 Å². The van der Waals surface area contributed by atoms with Gasteiger partial charge < -0.3 is 20.3 Å². The monoisotopic (exact) mass is 476 g/mol. The first kappa shape index (κ1) is 25.9. The number of anilines is 1. The summed E-state index contributed by atoms with van der Waals surface area (Å²) in [6.07, 6.45) is 0.312. The molecule has 0 saturated heterocycles. The number of benzene rings is 1. The molecular formula is C22H29ClN6O4. The molecule has 2 aromatic rings. The number of aromatic nitrogens is 2. The summed E-state index contributed by atoms with van der Waals surface area (Å²) in [7, 11) is 6.63. The number of aryl methyl sites for hydroxylation is 1. The average Bonchev–Trinajstić information content (AvgIpc) is 2.81. The van der Waals surface area contributed by atoms with Crippen molar-refractivity contribution in [2.24, 2.45) is 0 Å². The van der Waals surface area contributed by atoms with Crippen LogP contribution in [0, 0.1) is 0 Å². The molecule has 0 aliphatic heterocycles. The minimum absolute atomic E-state index is 0.106. The zero-order valence-electron chi connectivity index (χ0n) is 19.2. The second-order valence-corrected chi connectivity index (χ2v) is 7.80. The Morgan fingerprint density at radius 1 is 1.00 bits per heavy atom. The zero-order chi connectivity index (χ0) is 24.4. The lowest BCUT2D eigenvalue weighted by atomic mass is 10.1. The lowest BCUT2D eigenvalue weighted by Crippen LogP contribution is -2.45. The third kappa shape index (κ3) is 8.23. The van der Waals surface area contributed by atoms with Crippen molar-refractivity contribution in [3.63, 3.8) is 0 Å². The summed E-state index contributed by atoms with van der Waals surface area (Å²) < 4.78 is 5.28. The Morgan fingerprint density at radius 2 is 1.61 bits per heavy atom. The van der Waals surface area contributed by atoms with Gasteiger partial charge in [0.05, 0.1) is 12.3 Å². The molecule has 0 aliphatic rings. The molecular weight excluding hydrogens is 448 g/mol. The molecule has 2 N–H and O–H groups in total. The minimum atomic E-state index is -0.735. The number of nitrogens with one attached hydrogen (secondary N) is 2. The first-order valence-electron chi connectivity index (χ1n) is 10.4. The highest BCUT2D eigenvalue weighted by Gasteiger charge is 2.20. The topological polar surface area (TPSA) is 117 Å². The first-order valence-corrected chi connectivity index (χ1v) is 10.8. The Morgan fingerprint density at radius 3 is 2.15 bits per heavy atom. The molecule has 0 saturated carbocycles. The van der Waals surface area contributed by atoms with E-state index < -0.39 is 17.9 Å². The lowest BCUT2D eigenvalue weighted by molar-refractivity contribution is -0.124. The second kappa shape index (κ2) is 12.6. The van der Waals surface area contributed by atoms with Crippen molar-refractivity contribution in [3.8, 4) is 11.3 Å². The smallest absolute Gasteiger partial charge is 0.410 e. The third-order valence-corrected chi connectivity index (χ3v) is 4.85. The molecule has 1 aromatic heterocycles. The zero-order valence-corrected chi connectivity index (χ0v) is 20.0. The molecule has 3 amide bonds. The Labute approximate surface area is 198 Å². The summed E-state index contributed by atoms with van der Waals surface area (Å²) in [6.45, 7) is -0.439. The van der Waals surface area contributed by atoms with Gasteiger partial charge in [0, 0.05) is 44.5 Å². The number of amides is 3. The van der Waals surface area contributed by atoms with E-state index in [1.165, 1.54) is 14.1 Å². The molecule has 0 aliphatic carbocycles. The van der Waals surface area contributed by atoms with Gasteiger partial charge in [0.1, 0.15) is 13.1 Å². The van der Waals surface area contributed by atoms with Crippen LogP contribution in [0.25, 0.3) is 11.3 Å². The van der Waals surface area contributed by atoms with Gasteiger partial charge in [-0.2, -0.15) is 0 Å². The van der Waals surface area contributed by atoms with Crippen LogP contribution < -0.4 is 15.5 Å². The van der Waals surface area contributed by atoms with Gasteiger partial charge in [0.15, 0.2) is 0 Å². The number of ether oxygens (including phenoxy) is 1. The molecule has 0 atom stereocenters. The van der Waals surface area contributed by atoms with Gasteiger partial charge in [0.2, 0.25) is 17.8 Å². The standard InChI is InChI=1S/C22H29ClN6O4/c1-24-19(30)13-29(14-20(31)25-2)22(32)33-11-5-6-17-12-18(27-21(26-17)28(3)4)15-7-9-16(23)10-8-15/h7-10,12H,5-6,11,13-14H2,1-4H3,(H,24,30)(H,25,31). The largest absolute Gasteiger partial charge is 0.449 e. The second-order valence-electron chi connectivity index (χ2n) is 7.37. The lowest BCUT2D eigenvalue weighted by Gasteiger charge is -2.20. The van der Waals surface area contributed by atoms with E-state index in [9.17, 15) is 14.4 Å². The van der Waals surface area contributed by atoms with Gasteiger partial charge in [-0.1, -0.05) is 23.7 Å². The summed E-state index contributed by atoms with van der Waals surface area (Å²) in [5.41, 5.74) is 2.47. The van der Waals surface area contributed by atoms with Gasteiger partial charge >= 0.3 is 6.09 Å². The van der Waals surface area contributed by atoms with Crippen LogP contribution in [0.1, 0.15) is 12.1 Å². The van der Waals surface area contributed by atoms with Crippen LogP contribution >= 0.6 is 11.6 Å². The van der Waals surface area contributed by atoms with E-state index in [2.05, 4.69) is 20.6 Å². The first-order chi connectivity index (χ1) is 15.7. The van der Waals surface area contributed by atoms with Crippen LogP contribution in [0.5, 0.6) is 0 Å². The SMILES string of the molecule is CNC(=O)CN(CC(=O)NC)C(=O)OCCCc1cc(-c2ccc(Cl)cc2)nc(N(C)C)n1. The number of likely N-dealkylation sites (N-methyl/N-ethyl adjacent to an activating group) is 2. The van der Waals surface area contributed by atoms with Crippen LogP contribution in [0.2, 0.25) is 5.02 Å². The van der Waals surface area contributed by atoms with Crippen molar-refractivity contribution in [1.29, 1.82) is 0 Å². The van der Waals surface area contributed by atoms with E-state index in [1.807, 2.05) is 37.2 Å². The average molecular weight is 477 g/mol. The van der Waals surface area contributed by atoms with E-state index in [-0.39, 0.29) is 19.7 Å². The normalized spacial score (nSPS) is 10.3. The van der Waals surface area contributed by atoms with E-state index in [1.54, 1.807) is 12.1 Å². The van der Waals surface area contributed by atoms with Crippen LogP contribution in [-0.4, -0.2) is 80.7 Å². The summed E-state index contributed by atoms with van der Waals surface area (Å²) in [4.78, 5) is 47.7. The van der Waals surface area contributed by atoms with Gasteiger partial charge in [0.25, 0.3) is 0 Å². The van der Waals surface area contributed by atoms with Crippen LogP contribution in [0.4, 0.5) is 10.7 Å². The van der Waals surface area contributed by atoms with Crippen LogP contribution in [0.3, 0.4) is 0 Å². The van der Waals surface area contributed by atoms with Gasteiger partial charge in [-0.25, -0.2) is 14.8 Å². The highest BCUT2D eigenvalue weighted by molar-refractivity contribution is 6.30. The summed E-state index contributed by atoms with van der Waals surface area (Å²) in [5, 5.41) is 5.48. The quantitative estimate of drug-likeness (QED) is 0.501. The van der Waals surface area contributed by atoms with E-state index in [0.717, 1.165) is 21.9 Å². The predicted molar refractivity (Wildman–Crippen MR) is 126 cm³/mol. The van der Waals surface area contributed by atoms with Crippen LogP contribution in [-0.2, 0) is 20.7 Å². The Bertz CT molecular complexity index is 950. The summed E-state index contributed by atoms with van der Waals surface area (Å²) >= 11 is 5.99. The molecule has 0 spiro atoms. The number of carbonyl (C=O) groups excluding carboxylic acids is 3. The summed E-state index contributed by atoms with van der Waals surface area (Å²) in [6, 6.07) is 9.28. The number of halogens is 1. The molecule has 0 bridgehead atoms. The van der Waals surface area contributed by atoms with Crippen molar-refractivity contribution in [2.75, 3.05) is 52.8 Å². The third-order valence-electron chi connectivity index (χ3n) is 4.59. The fraction of sp³-hybridized carbons (Fsp3) is 0.409. The molecule has 0 radical (unpaired) electrons. The number of hydrogen-bond donors (Lipinski definition) is 2. The number of hydrogen-bond acceptors (Lipinski definition) is 7. The maximum atomic E-state index is 12.4. The number of nitrogens with zero attached hydrogens (tertiary/aromatic N) is 4. The fourth-order valence-electron chi connectivity index (χ4n) is 2.77. The van der Waals surface area contributed by atoms with E-state index in [4.69, 9.17) is 16.3 Å². The van der Waals surface area contributed by atoms with Crippen LogP contribution in [0.15, 0.2) is 30.3 Å². The molecule has 10 nitrogen and oxygen atoms in total. The number of rotatable bonds is 10. The van der Waals surface area contributed by atoms with Crippen molar-refractivity contribution in [2.45, 2.75) is 12.8 Å². The number of carbonyl (C=O) groups is 3. The van der Waals surface area contributed by atoms with Crippen molar-refractivity contribution in [1.82, 2.24) is 25.5 Å². The maximum absolute atomic E-state index is 12.4. The highest BCUT2D eigenvalue weighted by Crippen LogP contribution is 2.22. The van der Waals surface area contributed by atoms with Crippen molar-refractivity contribution < 1.29 is 19.1 Å². The molecule has 178 valence electrons. The van der Waals surface area contributed by atoms with Crippen molar-refractivity contribution in [3.05, 3.63) is 41.0 Å². The molecule has 0 unspecified atom stereocenters. The summed E-state index contributed by atoms with van der Waals surface area (Å²) in [5.74, 6) is -0.234. The predicted octanol–water partition coefficient (Wildman–Crippen LogP) is 1.73. The molecule has 2 rings (SSSR count). The Kier molecular flexibility index (Phi) is 9.86. The Balaban J connectivity index is 2.02. The van der Waals surface area contributed by atoms with Crippen molar-refractivity contribution >= 4 is 35.5 Å². The van der Waals surface area contributed by atoms with E-state index in [0.29, 0.717) is 23.8 Å². The molecule has 0 fully saturated rings.